The number of esters is 2. The third-order valence-corrected chi connectivity index (χ3v) is 5.60. The van der Waals surface area contributed by atoms with Crippen LogP contribution in [-0.2, 0) is 30.0 Å². The van der Waals surface area contributed by atoms with Gasteiger partial charge in [-0.15, -0.1) is 0 Å². The molecule has 2 aromatic rings. The Morgan fingerprint density at radius 2 is 1.75 bits per heavy atom. The molecular formula is C25H22F3N3O5. The van der Waals surface area contributed by atoms with E-state index in [0.717, 1.165) is 11.1 Å². The Morgan fingerprint density at radius 1 is 1.11 bits per heavy atom. The van der Waals surface area contributed by atoms with Gasteiger partial charge >= 0.3 is 18.1 Å². The van der Waals surface area contributed by atoms with Crippen molar-refractivity contribution in [1.29, 1.82) is 5.26 Å². The zero-order chi connectivity index (χ0) is 26.6. The van der Waals surface area contributed by atoms with Crippen LogP contribution in [0.4, 0.5) is 18.9 Å². The zero-order valence-electron chi connectivity index (χ0n) is 19.6. The number of aromatic nitrogens is 1. The van der Waals surface area contributed by atoms with Gasteiger partial charge in [-0.2, -0.15) is 18.4 Å². The number of amides is 1. The van der Waals surface area contributed by atoms with Crippen LogP contribution in [0.5, 0.6) is 0 Å². The van der Waals surface area contributed by atoms with Crippen molar-refractivity contribution in [3.05, 3.63) is 70.7 Å². The maximum Gasteiger partial charge on any atom is 0.417 e. The summed E-state index contributed by atoms with van der Waals surface area (Å²) in [5, 5.41) is 9.13. The molecule has 1 aliphatic heterocycles. The van der Waals surface area contributed by atoms with Gasteiger partial charge in [0, 0.05) is 17.8 Å². The quantitative estimate of drug-likeness (QED) is 0.433. The van der Waals surface area contributed by atoms with E-state index >= 15 is 0 Å². The molecule has 0 N–H and O–H groups in total. The van der Waals surface area contributed by atoms with E-state index in [-0.39, 0.29) is 30.2 Å². The molecule has 2 unspecified atom stereocenters. The number of pyridine rings is 1. The number of hydrogen-bond acceptors (Lipinski definition) is 7. The fraction of sp³-hybridized carbons (Fsp3) is 0.320. The average molecular weight is 501 g/mol. The Hall–Kier alpha value is -4.20. The van der Waals surface area contributed by atoms with Crippen LogP contribution in [0.15, 0.2) is 54.0 Å². The van der Waals surface area contributed by atoms with Crippen LogP contribution in [0, 0.1) is 17.2 Å². The van der Waals surface area contributed by atoms with Crippen molar-refractivity contribution < 1.29 is 37.0 Å². The van der Waals surface area contributed by atoms with Crippen molar-refractivity contribution in [2.45, 2.75) is 32.9 Å². The minimum Gasteiger partial charge on any atom is -0.465 e. The predicted molar refractivity (Wildman–Crippen MR) is 120 cm³/mol. The fourth-order valence-corrected chi connectivity index (χ4v) is 4.06. The molecule has 2 atom stereocenters. The summed E-state index contributed by atoms with van der Waals surface area (Å²) in [7, 11) is 0. The first-order chi connectivity index (χ1) is 17.0. The number of benzene rings is 1. The summed E-state index contributed by atoms with van der Waals surface area (Å²) in [5.74, 6) is -5.49. The number of ether oxygens (including phenoxy) is 2. The first-order valence-electron chi connectivity index (χ1n) is 11.0. The van der Waals surface area contributed by atoms with E-state index in [0.29, 0.717) is 23.4 Å². The molecule has 8 nitrogen and oxygen atoms in total. The van der Waals surface area contributed by atoms with Crippen molar-refractivity contribution in [3.63, 3.8) is 0 Å². The van der Waals surface area contributed by atoms with Crippen LogP contribution < -0.4 is 4.90 Å². The standard InChI is InChI=1S/C25H22F3N3O5/c1-4-35-23(33)19-14(3)31(18-10-17(12-30-13-18)25(26,27)28)22(32)21(24(34)36-5-2)20(19)16-8-6-15(11-29)7-9-16/h6-10,12-13,20-21H,4-5H2,1-3H3. The molecule has 2 heterocycles. The smallest absolute Gasteiger partial charge is 0.417 e. The monoisotopic (exact) mass is 501 g/mol. The van der Waals surface area contributed by atoms with Gasteiger partial charge in [-0.3, -0.25) is 19.5 Å². The van der Waals surface area contributed by atoms with E-state index in [1.165, 1.54) is 38.1 Å². The summed E-state index contributed by atoms with van der Waals surface area (Å²) >= 11 is 0. The molecule has 0 radical (unpaired) electrons. The fourth-order valence-electron chi connectivity index (χ4n) is 4.06. The molecule has 188 valence electrons. The molecule has 0 aliphatic carbocycles. The number of carbonyl (C=O) groups is 3. The lowest BCUT2D eigenvalue weighted by molar-refractivity contribution is -0.152. The summed E-state index contributed by atoms with van der Waals surface area (Å²) in [6.07, 6.45) is -3.11. The topological polar surface area (TPSA) is 110 Å². The summed E-state index contributed by atoms with van der Waals surface area (Å²) < 4.78 is 50.4. The highest BCUT2D eigenvalue weighted by molar-refractivity contribution is 6.13. The summed E-state index contributed by atoms with van der Waals surface area (Å²) in [5.41, 5.74) is -0.846. The van der Waals surface area contributed by atoms with Crippen LogP contribution in [-0.4, -0.2) is 36.0 Å². The van der Waals surface area contributed by atoms with Gasteiger partial charge in [0.2, 0.25) is 5.91 Å². The first-order valence-corrected chi connectivity index (χ1v) is 11.0. The van der Waals surface area contributed by atoms with Gasteiger partial charge < -0.3 is 9.47 Å². The van der Waals surface area contributed by atoms with Crippen molar-refractivity contribution >= 4 is 23.5 Å². The van der Waals surface area contributed by atoms with Gasteiger partial charge in [-0.25, -0.2) is 4.79 Å². The van der Waals surface area contributed by atoms with Gasteiger partial charge in [-0.1, -0.05) is 12.1 Å². The van der Waals surface area contributed by atoms with E-state index in [1.54, 1.807) is 6.92 Å². The normalized spacial score (nSPS) is 18.0. The van der Waals surface area contributed by atoms with Crippen LogP contribution in [0.1, 0.15) is 43.4 Å². The Labute approximate surface area is 204 Å². The summed E-state index contributed by atoms with van der Waals surface area (Å²) in [4.78, 5) is 44.4. The van der Waals surface area contributed by atoms with E-state index in [2.05, 4.69) is 4.98 Å². The average Bonchev–Trinajstić information content (AvgIpc) is 2.83. The molecular weight excluding hydrogens is 479 g/mol. The van der Waals surface area contributed by atoms with Crippen LogP contribution in [0.25, 0.3) is 0 Å². The second kappa shape index (κ2) is 10.6. The maximum atomic E-state index is 13.7. The second-order valence-electron chi connectivity index (χ2n) is 7.76. The summed E-state index contributed by atoms with van der Waals surface area (Å²) in [6.45, 7) is 4.37. The van der Waals surface area contributed by atoms with E-state index in [1.807, 2.05) is 6.07 Å². The minimum atomic E-state index is -4.74. The van der Waals surface area contributed by atoms with Crippen molar-refractivity contribution in [3.8, 4) is 6.07 Å². The largest absolute Gasteiger partial charge is 0.465 e. The van der Waals surface area contributed by atoms with Crippen LogP contribution >= 0.6 is 0 Å². The minimum absolute atomic E-state index is 0.0190. The molecule has 0 bridgehead atoms. The molecule has 0 spiro atoms. The number of halogens is 3. The predicted octanol–water partition coefficient (Wildman–Crippen LogP) is 4.12. The van der Waals surface area contributed by atoms with E-state index < -0.39 is 41.4 Å². The lowest BCUT2D eigenvalue weighted by Gasteiger charge is -2.38. The van der Waals surface area contributed by atoms with Gasteiger partial charge in [0.1, 0.15) is 5.92 Å². The van der Waals surface area contributed by atoms with Crippen molar-refractivity contribution in [2.75, 3.05) is 18.1 Å². The number of carbonyl (C=O) groups excluding carboxylic acids is 3. The van der Waals surface area contributed by atoms with Gasteiger partial charge in [-0.05, 0) is 44.5 Å². The highest BCUT2D eigenvalue weighted by atomic mass is 19.4. The Balaban J connectivity index is 2.31. The third-order valence-electron chi connectivity index (χ3n) is 5.60. The van der Waals surface area contributed by atoms with Gasteiger partial charge in [0.05, 0.1) is 47.9 Å². The molecule has 1 aromatic carbocycles. The number of alkyl halides is 3. The SMILES string of the molecule is CCOC(=O)C1=C(C)N(c2cncc(C(F)(F)F)c2)C(=O)C(C(=O)OCC)C1c1ccc(C#N)cc1. The van der Waals surface area contributed by atoms with Crippen LogP contribution in [0.3, 0.4) is 0 Å². The van der Waals surface area contributed by atoms with E-state index in [9.17, 15) is 27.6 Å². The molecule has 36 heavy (non-hydrogen) atoms. The number of anilines is 1. The third kappa shape index (κ3) is 5.07. The van der Waals surface area contributed by atoms with Crippen molar-refractivity contribution in [1.82, 2.24) is 4.98 Å². The molecule has 1 amide bonds. The lowest BCUT2D eigenvalue weighted by atomic mass is 9.75. The highest BCUT2D eigenvalue weighted by Gasteiger charge is 2.49. The number of allylic oxidation sites excluding steroid dienone is 1. The maximum absolute atomic E-state index is 13.7. The molecule has 11 heteroatoms. The van der Waals surface area contributed by atoms with E-state index in [4.69, 9.17) is 14.7 Å². The second-order valence-corrected chi connectivity index (χ2v) is 7.76. The van der Waals surface area contributed by atoms with Gasteiger partial charge in [0.15, 0.2) is 0 Å². The Morgan fingerprint density at radius 3 is 2.31 bits per heavy atom. The zero-order valence-corrected chi connectivity index (χ0v) is 19.6. The molecule has 1 aliphatic rings. The molecule has 1 aromatic heterocycles. The highest BCUT2D eigenvalue weighted by Crippen LogP contribution is 2.44. The Bertz CT molecular complexity index is 1250. The number of hydrogen-bond donors (Lipinski definition) is 0. The summed E-state index contributed by atoms with van der Waals surface area (Å²) in [6, 6.07) is 8.59. The van der Waals surface area contributed by atoms with Crippen molar-refractivity contribution in [2.24, 2.45) is 5.92 Å². The first kappa shape index (κ1) is 26.4. The Kier molecular flexibility index (Phi) is 7.77. The van der Waals surface area contributed by atoms with Crippen LogP contribution in [0.2, 0.25) is 0 Å². The molecule has 0 saturated carbocycles. The molecule has 3 rings (SSSR count). The number of nitrogens with zero attached hydrogens (tertiary/aromatic N) is 3. The van der Waals surface area contributed by atoms with Gasteiger partial charge in [0.25, 0.3) is 0 Å². The molecule has 0 saturated heterocycles. The number of nitriles is 1. The molecule has 0 fully saturated rings. The lowest BCUT2D eigenvalue weighted by Crippen LogP contribution is -2.48. The number of rotatable bonds is 6.